The first-order valence-electron chi connectivity index (χ1n) is 12.7. The average molecular weight is 539 g/mol. The molecule has 1 aliphatic heterocycles. The van der Waals surface area contributed by atoms with E-state index in [1.54, 1.807) is 30.9 Å². The molecule has 1 saturated heterocycles. The molecule has 1 fully saturated rings. The number of hydrogen-bond donors (Lipinski definition) is 4. The van der Waals surface area contributed by atoms with Crippen molar-refractivity contribution in [3.05, 3.63) is 90.3 Å². The maximum absolute atomic E-state index is 12.3. The van der Waals surface area contributed by atoms with Gasteiger partial charge in [0.05, 0.1) is 24.6 Å². The molecule has 2 rings (SSSR count). The summed E-state index contributed by atoms with van der Waals surface area (Å²) in [5.74, 6) is 0.483. The Kier molecular flexibility index (Phi) is 16.9. The van der Waals surface area contributed by atoms with E-state index in [4.69, 9.17) is 0 Å². The topological polar surface area (TPSA) is 99.2 Å². The van der Waals surface area contributed by atoms with Crippen LogP contribution in [0.3, 0.4) is 0 Å². The summed E-state index contributed by atoms with van der Waals surface area (Å²) in [6.07, 6.45) is 19.4. The SMILES string of the molecule is C=C/C=C\C(=C/CC(=C)C(=O)NC1CCN(C/C=C/C=C\S)C1)CC.CNC(=O)CNc1cnc(C)cn1. The van der Waals surface area contributed by atoms with E-state index in [2.05, 4.69) is 75.7 Å². The van der Waals surface area contributed by atoms with Gasteiger partial charge in [0.2, 0.25) is 11.8 Å². The third-order valence-corrected chi connectivity index (χ3v) is 5.75. The second-order valence-corrected chi connectivity index (χ2v) is 8.89. The minimum Gasteiger partial charge on any atom is -0.360 e. The molecular weight excluding hydrogens is 496 g/mol. The highest BCUT2D eigenvalue weighted by atomic mass is 32.1. The van der Waals surface area contributed by atoms with Gasteiger partial charge in [-0.05, 0) is 31.6 Å². The van der Waals surface area contributed by atoms with Crippen molar-refractivity contribution in [1.82, 2.24) is 25.5 Å². The van der Waals surface area contributed by atoms with Gasteiger partial charge in [-0.1, -0.05) is 68.2 Å². The molecular formula is C29H42N6O2S. The van der Waals surface area contributed by atoms with Crippen molar-refractivity contribution in [2.75, 3.05) is 38.5 Å². The first-order chi connectivity index (χ1) is 18.3. The Morgan fingerprint density at radius 2 is 2.03 bits per heavy atom. The maximum atomic E-state index is 12.3. The standard InChI is InChI=1S/C21H30N2OS.C8H12N4O/c1-4-6-10-19(5-2)12-11-18(3)21(24)22-20-13-15-23(17-20)14-8-7-9-16-25;1-6-3-11-7(4-10-6)12-5-8(13)9-2/h4,6-10,12,16,20,25H,1,3,5,11,13-15,17H2,2H3,(H,22,24);3-4H,5H2,1-2H3,(H,9,13)(H,11,12)/b8-7+,10-6-,16-9-,19-12-;. The Morgan fingerprint density at radius 3 is 2.66 bits per heavy atom. The lowest BCUT2D eigenvalue weighted by Gasteiger charge is -2.15. The molecule has 206 valence electrons. The molecule has 0 aliphatic carbocycles. The lowest BCUT2D eigenvalue weighted by molar-refractivity contribution is -0.119. The van der Waals surface area contributed by atoms with Gasteiger partial charge in [0.15, 0.2) is 0 Å². The highest BCUT2D eigenvalue weighted by molar-refractivity contribution is 7.83. The van der Waals surface area contributed by atoms with Gasteiger partial charge in [0, 0.05) is 38.3 Å². The molecule has 3 N–H and O–H groups in total. The molecule has 1 atom stereocenters. The third-order valence-electron chi connectivity index (χ3n) is 5.58. The van der Waals surface area contributed by atoms with Gasteiger partial charge in [-0.3, -0.25) is 19.5 Å². The number of aryl methyl sites for hydroxylation is 1. The van der Waals surface area contributed by atoms with Gasteiger partial charge in [-0.25, -0.2) is 4.98 Å². The quantitative estimate of drug-likeness (QED) is 0.171. The molecule has 0 aromatic carbocycles. The number of thiol groups is 1. The second kappa shape index (κ2) is 19.7. The number of amides is 2. The molecule has 0 saturated carbocycles. The van der Waals surface area contributed by atoms with Crippen LogP contribution in [0.2, 0.25) is 0 Å². The van der Waals surface area contributed by atoms with Crippen LogP contribution in [0.15, 0.2) is 84.6 Å². The van der Waals surface area contributed by atoms with E-state index in [0.717, 1.165) is 38.2 Å². The monoisotopic (exact) mass is 538 g/mol. The number of hydrogen-bond acceptors (Lipinski definition) is 7. The first kappa shape index (κ1) is 32.6. The zero-order chi connectivity index (χ0) is 28.2. The second-order valence-electron chi connectivity index (χ2n) is 8.59. The van der Waals surface area contributed by atoms with Crippen molar-refractivity contribution in [2.45, 2.75) is 39.2 Å². The molecule has 2 heterocycles. The Hall–Kier alpha value is -3.43. The average Bonchev–Trinajstić information content (AvgIpc) is 3.37. The van der Waals surface area contributed by atoms with E-state index in [-0.39, 0.29) is 24.4 Å². The van der Waals surface area contributed by atoms with Crippen LogP contribution >= 0.6 is 12.6 Å². The van der Waals surface area contributed by atoms with Crippen molar-refractivity contribution >= 4 is 30.3 Å². The fourth-order valence-corrected chi connectivity index (χ4v) is 3.45. The van der Waals surface area contributed by atoms with Gasteiger partial charge < -0.3 is 16.0 Å². The molecule has 1 aromatic heterocycles. The molecule has 8 nitrogen and oxygen atoms in total. The minimum atomic E-state index is -0.0811. The lowest BCUT2D eigenvalue weighted by Crippen LogP contribution is -2.37. The van der Waals surface area contributed by atoms with E-state index in [1.165, 1.54) is 5.57 Å². The van der Waals surface area contributed by atoms with Crippen LogP contribution in [0.1, 0.15) is 31.9 Å². The number of nitrogens with zero attached hydrogens (tertiary/aromatic N) is 3. The van der Waals surface area contributed by atoms with Crippen molar-refractivity contribution in [2.24, 2.45) is 0 Å². The summed E-state index contributed by atoms with van der Waals surface area (Å²) in [7, 11) is 1.59. The first-order valence-corrected chi connectivity index (χ1v) is 13.2. The number of likely N-dealkylation sites (N-methyl/N-ethyl adjacent to an activating group) is 1. The molecule has 0 radical (unpaired) electrons. The molecule has 1 aliphatic rings. The van der Waals surface area contributed by atoms with Gasteiger partial charge in [-0.15, -0.1) is 0 Å². The predicted molar refractivity (Wildman–Crippen MR) is 161 cm³/mol. The summed E-state index contributed by atoms with van der Waals surface area (Å²) in [5, 5.41) is 10.1. The highest BCUT2D eigenvalue weighted by Gasteiger charge is 2.23. The van der Waals surface area contributed by atoms with Crippen molar-refractivity contribution in [3.8, 4) is 0 Å². The van der Waals surface area contributed by atoms with Crippen LogP contribution in [0, 0.1) is 6.92 Å². The summed E-state index contributed by atoms with van der Waals surface area (Å²) in [6.45, 7) is 14.5. The fraction of sp³-hybridized carbons (Fsp3) is 0.379. The largest absolute Gasteiger partial charge is 0.360 e. The number of nitrogens with one attached hydrogen (secondary N) is 3. The lowest BCUT2D eigenvalue weighted by atomic mass is 10.1. The van der Waals surface area contributed by atoms with Gasteiger partial charge >= 0.3 is 0 Å². The van der Waals surface area contributed by atoms with Gasteiger partial charge in [-0.2, -0.15) is 12.6 Å². The zero-order valence-corrected chi connectivity index (χ0v) is 23.7. The van der Waals surface area contributed by atoms with Crippen LogP contribution in [0.25, 0.3) is 0 Å². The molecule has 1 aromatic rings. The van der Waals surface area contributed by atoms with Crippen LogP contribution in [0.5, 0.6) is 0 Å². The number of carbonyl (C=O) groups is 2. The molecule has 2 amide bonds. The Morgan fingerprint density at radius 1 is 1.24 bits per heavy atom. The maximum Gasteiger partial charge on any atom is 0.247 e. The summed E-state index contributed by atoms with van der Waals surface area (Å²) in [6, 6.07) is 0.202. The molecule has 0 bridgehead atoms. The van der Waals surface area contributed by atoms with E-state index < -0.39 is 0 Å². The number of anilines is 1. The Labute approximate surface area is 233 Å². The van der Waals surface area contributed by atoms with E-state index in [9.17, 15) is 9.59 Å². The molecule has 1 unspecified atom stereocenters. The summed E-state index contributed by atoms with van der Waals surface area (Å²) < 4.78 is 0. The summed E-state index contributed by atoms with van der Waals surface area (Å²) in [4.78, 5) is 33.5. The van der Waals surface area contributed by atoms with Gasteiger partial charge in [0.25, 0.3) is 0 Å². The third kappa shape index (κ3) is 14.3. The van der Waals surface area contributed by atoms with Crippen molar-refractivity contribution in [1.29, 1.82) is 0 Å². The number of likely N-dealkylation sites (tertiary alicyclic amines) is 1. The number of aromatic nitrogens is 2. The minimum absolute atomic E-state index is 0.0418. The number of carbonyl (C=O) groups excluding carboxylic acids is 2. The smallest absolute Gasteiger partial charge is 0.247 e. The van der Waals surface area contributed by atoms with Crippen LogP contribution in [0.4, 0.5) is 5.82 Å². The van der Waals surface area contributed by atoms with Crippen LogP contribution < -0.4 is 16.0 Å². The van der Waals surface area contributed by atoms with E-state index in [1.807, 2.05) is 31.2 Å². The van der Waals surface area contributed by atoms with Crippen LogP contribution in [-0.2, 0) is 9.59 Å². The summed E-state index contributed by atoms with van der Waals surface area (Å²) >= 11 is 4.01. The van der Waals surface area contributed by atoms with Crippen molar-refractivity contribution in [3.63, 3.8) is 0 Å². The van der Waals surface area contributed by atoms with Gasteiger partial charge in [0.1, 0.15) is 5.82 Å². The van der Waals surface area contributed by atoms with Crippen molar-refractivity contribution < 1.29 is 9.59 Å². The Bertz CT molecular complexity index is 1010. The summed E-state index contributed by atoms with van der Waals surface area (Å²) in [5.41, 5.74) is 2.64. The predicted octanol–water partition coefficient (Wildman–Crippen LogP) is 4.14. The molecule has 38 heavy (non-hydrogen) atoms. The highest BCUT2D eigenvalue weighted by Crippen LogP contribution is 2.12. The Balaban J connectivity index is 0.000000464. The van der Waals surface area contributed by atoms with Crippen LogP contribution in [-0.4, -0.2) is 66.0 Å². The van der Waals surface area contributed by atoms with E-state index >= 15 is 0 Å². The fourth-order valence-electron chi connectivity index (χ4n) is 3.35. The molecule has 9 heteroatoms. The number of rotatable bonds is 13. The number of allylic oxidation sites excluding steroid dienone is 7. The normalized spacial score (nSPS) is 15.9. The zero-order valence-electron chi connectivity index (χ0n) is 22.8. The molecule has 0 spiro atoms. The van der Waals surface area contributed by atoms with E-state index in [0.29, 0.717) is 17.8 Å².